The largest absolute Gasteiger partial charge is 0.309 e. The molecule has 0 amide bonds. The predicted molar refractivity (Wildman–Crippen MR) is 299 cm³/mol. The average molecular weight is 908 g/mol. The first-order chi connectivity index (χ1) is 34.7. The molecule has 0 spiro atoms. The lowest BCUT2D eigenvalue weighted by atomic mass is 10.0. The number of para-hydroxylation sites is 4. The van der Waals surface area contributed by atoms with Crippen LogP contribution in [0.5, 0.6) is 0 Å². The van der Waals surface area contributed by atoms with Crippen LogP contribution in [0, 0.1) is 0 Å². The van der Waals surface area contributed by atoms with E-state index in [1.165, 1.54) is 103 Å². The predicted octanol–water partition coefficient (Wildman–Crippen LogP) is 14.0. The Kier molecular flexibility index (Phi) is 9.23. The molecule has 0 unspecified atom stereocenters. The fourth-order valence-electron chi connectivity index (χ4n) is 11.7. The van der Waals surface area contributed by atoms with E-state index >= 15 is 0 Å². The summed E-state index contributed by atoms with van der Waals surface area (Å²) in [7, 11) is -2.67. The zero-order chi connectivity index (χ0) is 46.2. The second-order valence-electron chi connectivity index (χ2n) is 18.5. The molecule has 0 aliphatic carbocycles. The van der Waals surface area contributed by atoms with Crippen LogP contribution in [0.25, 0.3) is 93.6 Å². The summed E-state index contributed by atoms with van der Waals surface area (Å²) >= 11 is 0. The number of aromatic nitrogens is 3. The Hall–Kier alpha value is -8.96. The highest BCUT2D eigenvalue weighted by Gasteiger charge is 2.41. The van der Waals surface area contributed by atoms with Crippen molar-refractivity contribution < 1.29 is 0 Å². The van der Waals surface area contributed by atoms with E-state index in [4.69, 9.17) is 0 Å². The number of nitrogens with zero attached hydrogens (tertiary/aromatic N) is 3. The summed E-state index contributed by atoms with van der Waals surface area (Å²) in [5.74, 6) is 0. The molecule has 0 N–H and O–H groups in total. The van der Waals surface area contributed by atoms with Gasteiger partial charge in [-0.1, -0.05) is 188 Å². The van der Waals surface area contributed by atoms with E-state index in [2.05, 4.69) is 287 Å². The smallest absolute Gasteiger partial charge is 0.179 e. The Bertz CT molecular complexity index is 4170. The second-order valence-corrected chi connectivity index (χ2v) is 22.3. The Balaban J connectivity index is 0.896. The van der Waals surface area contributed by atoms with E-state index in [9.17, 15) is 0 Å². The van der Waals surface area contributed by atoms with Gasteiger partial charge in [0.05, 0.1) is 33.1 Å². The molecule has 3 aromatic heterocycles. The van der Waals surface area contributed by atoms with Crippen LogP contribution in [0.4, 0.5) is 0 Å². The topological polar surface area (TPSA) is 14.8 Å². The molecule has 0 saturated carbocycles. The van der Waals surface area contributed by atoms with Crippen LogP contribution < -0.4 is 20.7 Å². The van der Waals surface area contributed by atoms with Crippen molar-refractivity contribution in [1.29, 1.82) is 0 Å². The molecular weight excluding hydrogens is 863 g/mol. The molecule has 0 fully saturated rings. The van der Waals surface area contributed by atoms with Crippen LogP contribution in [-0.4, -0.2) is 21.8 Å². The number of hydrogen-bond donors (Lipinski definition) is 0. The van der Waals surface area contributed by atoms with Crippen LogP contribution in [0.3, 0.4) is 0 Å². The molecular formula is C66H45N3Si. The maximum absolute atomic E-state index is 2.67. The lowest BCUT2D eigenvalue weighted by Crippen LogP contribution is -2.74. The Morgan fingerprint density at radius 2 is 0.500 bits per heavy atom. The van der Waals surface area contributed by atoms with Gasteiger partial charge in [-0.25, -0.2) is 0 Å². The van der Waals surface area contributed by atoms with Crippen LogP contribution in [0.1, 0.15) is 0 Å². The number of fused-ring (bicyclic) bond motifs is 9. The van der Waals surface area contributed by atoms with E-state index in [0.717, 1.165) is 11.4 Å². The van der Waals surface area contributed by atoms with Gasteiger partial charge in [0.25, 0.3) is 0 Å². The Morgan fingerprint density at radius 1 is 0.200 bits per heavy atom. The maximum Gasteiger partial charge on any atom is 0.179 e. The fourth-order valence-corrected chi connectivity index (χ4v) is 16.5. The van der Waals surface area contributed by atoms with Gasteiger partial charge in [-0.2, -0.15) is 0 Å². The number of benzene rings is 11. The van der Waals surface area contributed by atoms with Crippen molar-refractivity contribution in [2.24, 2.45) is 0 Å². The van der Waals surface area contributed by atoms with Crippen LogP contribution in [0.2, 0.25) is 0 Å². The van der Waals surface area contributed by atoms with Gasteiger partial charge in [0.1, 0.15) is 0 Å². The van der Waals surface area contributed by atoms with Gasteiger partial charge in [-0.05, 0) is 117 Å². The zero-order valence-electron chi connectivity index (χ0n) is 38.3. The third-order valence-corrected chi connectivity index (χ3v) is 19.6. The third kappa shape index (κ3) is 6.07. The molecule has 14 rings (SSSR count). The first-order valence-electron chi connectivity index (χ1n) is 24.2. The van der Waals surface area contributed by atoms with Gasteiger partial charge >= 0.3 is 0 Å². The van der Waals surface area contributed by atoms with Crippen molar-refractivity contribution in [3.63, 3.8) is 0 Å². The zero-order valence-corrected chi connectivity index (χ0v) is 39.3. The molecule has 11 aromatic carbocycles. The average Bonchev–Trinajstić information content (AvgIpc) is 4.07. The van der Waals surface area contributed by atoms with Crippen molar-refractivity contribution in [2.45, 2.75) is 0 Å². The molecule has 0 saturated heterocycles. The van der Waals surface area contributed by atoms with Crippen LogP contribution >= 0.6 is 0 Å². The van der Waals surface area contributed by atoms with Crippen molar-refractivity contribution in [1.82, 2.24) is 13.7 Å². The van der Waals surface area contributed by atoms with Gasteiger partial charge in [-0.15, -0.1) is 0 Å². The summed E-state index contributed by atoms with van der Waals surface area (Å²) in [5.41, 5.74) is 13.0. The monoisotopic (exact) mass is 907 g/mol. The van der Waals surface area contributed by atoms with E-state index < -0.39 is 8.07 Å². The van der Waals surface area contributed by atoms with E-state index in [1.807, 2.05) is 0 Å². The van der Waals surface area contributed by atoms with Crippen molar-refractivity contribution in [3.05, 3.63) is 273 Å². The van der Waals surface area contributed by atoms with Gasteiger partial charge in [-0.3, -0.25) is 0 Å². The highest BCUT2D eigenvalue weighted by Crippen LogP contribution is 2.40. The van der Waals surface area contributed by atoms with Gasteiger partial charge in [0, 0.05) is 49.4 Å². The molecule has 70 heavy (non-hydrogen) atoms. The molecule has 0 radical (unpaired) electrons. The van der Waals surface area contributed by atoms with Gasteiger partial charge in [0.15, 0.2) is 8.07 Å². The Morgan fingerprint density at radius 3 is 0.943 bits per heavy atom. The summed E-state index contributed by atoms with van der Waals surface area (Å²) in [4.78, 5) is 0. The number of hydrogen-bond acceptors (Lipinski definition) is 0. The summed E-state index contributed by atoms with van der Waals surface area (Å²) in [6, 6.07) is 101. The molecule has 4 heteroatoms. The molecule has 0 atom stereocenters. The molecule has 0 bridgehead atoms. The molecule has 0 aliphatic heterocycles. The van der Waals surface area contributed by atoms with Gasteiger partial charge < -0.3 is 13.7 Å². The summed E-state index contributed by atoms with van der Waals surface area (Å²) < 4.78 is 7.28. The first-order valence-corrected chi connectivity index (χ1v) is 26.2. The Labute approximate surface area is 407 Å². The maximum atomic E-state index is 2.45. The van der Waals surface area contributed by atoms with Crippen LogP contribution in [-0.2, 0) is 0 Å². The quantitative estimate of drug-likeness (QED) is 0.107. The highest BCUT2D eigenvalue weighted by molar-refractivity contribution is 7.19. The third-order valence-electron chi connectivity index (χ3n) is 14.8. The molecule has 3 nitrogen and oxygen atoms in total. The summed E-state index contributed by atoms with van der Waals surface area (Å²) in [5, 5.41) is 12.9. The summed E-state index contributed by atoms with van der Waals surface area (Å²) in [6.07, 6.45) is 0. The molecule has 3 heterocycles. The normalized spacial score (nSPS) is 12.0. The van der Waals surface area contributed by atoms with E-state index in [1.54, 1.807) is 0 Å². The fraction of sp³-hybridized carbons (Fsp3) is 0. The van der Waals surface area contributed by atoms with Gasteiger partial charge in [0.2, 0.25) is 0 Å². The minimum absolute atomic E-state index is 1.14. The van der Waals surface area contributed by atoms with Crippen molar-refractivity contribution in [2.75, 3.05) is 0 Å². The van der Waals surface area contributed by atoms with Crippen molar-refractivity contribution >= 4 is 94.2 Å². The van der Waals surface area contributed by atoms with E-state index in [-0.39, 0.29) is 0 Å². The minimum atomic E-state index is -2.67. The van der Waals surface area contributed by atoms with Crippen LogP contribution in [0.15, 0.2) is 273 Å². The molecule has 328 valence electrons. The minimum Gasteiger partial charge on any atom is -0.309 e. The lowest BCUT2D eigenvalue weighted by molar-refractivity contribution is 1.17. The van der Waals surface area contributed by atoms with Crippen molar-refractivity contribution in [3.8, 4) is 28.2 Å². The number of rotatable bonds is 8. The van der Waals surface area contributed by atoms with E-state index in [0.29, 0.717) is 0 Å². The molecule has 14 aromatic rings. The lowest BCUT2D eigenvalue weighted by Gasteiger charge is -2.34. The highest BCUT2D eigenvalue weighted by atomic mass is 28.3. The molecule has 0 aliphatic rings. The summed E-state index contributed by atoms with van der Waals surface area (Å²) in [6.45, 7) is 0. The SMILES string of the molecule is c1ccc(-n2c3ccccc3c3cc(-c4ccc5c(c4)c4ccccc4n5-c4ccc5c(c4)c4ccccc4n5-c4ccc([Si](c5ccccc5)(c5ccccc5)c5ccccc5)cc4)ccc32)cc1. The second kappa shape index (κ2) is 16.1. The standard InChI is InChI=1S/C66H45N3Si/c1-5-19-48(20-6-1)67-61-30-16-13-27-55(61)58-43-46(33-40-64(58)67)47-34-41-65-59(44-47)56-28-14-18-32-63(56)69(65)50-37-42-66-60(45-50)57-29-15-17-31-62(57)68(66)49-35-38-54(39-36-49)70(51-21-7-2-8-22-51,52-23-9-3-10-24-52)53-25-11-4-12-26-53/h1-45H. The first kappa shape index (κ1) is 40.1.